The molecule has 0 saturated heterocycles. The van der Waals surface area contributed by atoms with Crippen LogP contribution in [-0.4, -0.2) is 66.5 Å². The summed E-state index contributed by atoms with van der Waals surface area (Å²) < 4.78 is 16.6. The van der Waals surface area contributed by atoms with Crippen molar-refractivity contribution >= 4 is 47.1 Å². The Balaban J connectivity index is 1.44. The summed E-state index contributed by atoms with van der Waals surface area (Å²) in [5.41, 5.74) is 3.10. The van der Waals surface area contributed by atoms with Crippen LogP contribution < -0.4 is 10.6 Å². The number of fused-ring (bicyclic) bond motifs is 1. The molecule has 1 atom stereocenters. The quantitative estimate of drug-likeness (QED) is 0.172. The number of aromatic nitrogens is 4. The molecule has 12 nitrogen and oxygen atoms in total. The van der Waals surface area contributed by atoms with Gasteiger partial charge in [0.2, 0.25) is 5.91 Å². The lowest BCUT2D eigenvalue weighted by Gasteiger charge is -2.48. The Bertz CT molecular complexity index is 2190. The molecule has 0 unspecified atom stereocenters. The van der Waals surface area contributed by atoms with Crippen LogP contribution in [0, 0.1) is 5.82 Å². The van der Waals surface area contributed by atoms with E-state index in [-0.39, 0.29) is 27.7 Å². The van der Waals surface area contributed by atoms with E-state index in [1.165, 1.54) is 64.5 Å². The summed E-state index contributed by atoms with van der Waals surface area (Å²) in [5.74, 6) is -3.27. The van der Waals surface area contributed by atoms with Crippen LogP contribution in [-0.2, 0) is 16.0 Å². The lowest BCUT2D eigenvalue weighted by molar-refractivity contribution is -0.142. The minimum Gasteiger partial charge on any atom is -0.478 e. The molecule has 1 aromatic heterocycles. The molecular formula is C37H31ClFN7O5. The average Bonchev–Trinajstić information content (AvgIpc) is 3.66. The molecule has 3 amide bonds. The number of hydrogen-bond donors (Lipinski definition) is 3. The van der Waals surface area contributed by atoms with Gasteiger partial charge in [0, 0.05) is 35.5 Å². The first kappa shape index (κ1) is 34.6. The molecule has 1 aliphatic rings. The molecule has 2 heterocycles. The predicted molar refractivity (Wildman–Crippen MR) is 188 cm³/mol. The maximum absolute atomic E-state index is 15.4. The minimum absolute atomic E-state index is 0.0413. The van der Waals surface area contributed by atoms with Crippen molar-refractivity contribution in [2.24, 2.45) is 0 Å². The van der Waals surface area contributed by atoms with Gasteiger partial charge >= 0.3 is 5.97 Å². The second kappa shape index (κ2) is 14.0. The van der Waals surface area contributed by atoms with Crippen LogP contribution in [0.2, 0.25) is 5.02 Å². The number of halogens is 2. The van der Waals surface area contributed by atoms with Gasteiger partial charge in [0.15, 0.2) is 5.82 Å². The van der Waals surface area contributed by atoms with E-state index in [0.717, 1.165) is 16.7 Å². The van der Waals surface area contributed by atoms with Crippen LogP contribution in [0.1, 0.15) is 57.3 Å². The smallest absolute Gasteiger partial charge is 0.335 e. The zero-order valence-electron chi connectivity index (χ0n) is 27.6. The van der Waals surface area contributed by atoms with Crippen molar-refractivity contribution < 1.29 is 28.7 Å². The number of carboxylic acids is 1. The lowest BCUT2D eigenvalue weighted by atomic mass is 9.77. The third kappa shape index (κ3) is 6.83. The van der Waals surface area contributed by atoms with Gasteiger partial charge in [-0.25, -0.2) is 9.18 Å². The van der Waals surface area contributed by atoms with Crippen molar-refractivity contribution in [3.63, 3.8) is 0 Å². The van der Waals surface area contributed by atoms with Gasteiger partial charge in [-0.1, -0.05) is 41.9 Å². The molecule has 1 aliphatic heterocycles. The van der Waals surface area contributed by atoms with Crippen molar-refractivity contribution in [3.05, 3.63) is 130 Å². The highest BCUT2D eigenvalue weighted by atomic mass is 35.5. The van der Waals surface area contributed by atoms with Gasteiger partial charge in [-0.15, -0.1) is 5.10 Å². The second-order valence-corrected chi connectivity index (χ2v) is 12.8. The maximum Gasteiger partial charge on any atom is 0.335 e. The first-order valence-corrected chi connectivity index (χ1v) is 16.1. The third-order valence-electron chi connectivity index (χ3n) is 8.69. The molecule has 0 radical (unpaired) electrons. The van der Waals surface area contributed by atoms with Gasteiger partial charge in [-0.3, -0.25) is 14.4 Å². The summed E-state index contributed by atoms with van der Waals surface area (Å²) in [5, 5.41) is 25.7. The molecule has 0 fully saturated rings. The van der Waals surface area contributed by atoms with Gasteiger partial charge in [0.05, 0.1) is 16.3 Å². The minimum atomic E-state index is -1.17. The lowest BCUT2D eigenvalue weighted by Crippen LogP contribution is -2.56. The third-order valence-corrected chi connectivity index (χ3v) is 8.99. The number of hydrogen-bond acceptors (Lipinski definition) is 7. The monoisotopic (exact) mass is 707 g/mol. The number of rotatable bonds is 8. The van der Waals surface area contributed by atoms with Crippen molar-refractivity contribution in [1.29, 1.82) is 0 Å². The molecule has 14 heteroatoms. The van der Waals surface area contributed by atoms with Crippen LogP contribution >= 0.6 is 11.6 Å². The summed E-state index contributed by atoms with van der Waals surface area (Å²) in [6, 6.07) is 19.9. The first-order chi connectivity index (χ1) is 24.4. The normalized spacial score (nSPS) is 14.9. The van der Waals surface area contributed by atoms with E-state index >= 15 is 4.39 Å². The zero-order valence-corrected chi connectivity index (χ0v) is 28.4. The molecule has 0 aliphatic carbocycles. The molecular weight excluding hydrogens is 677 g/mol. The fourth-order valence-electron chi connectivity index (χ4n) is 6.29. The number of carboxylic acid groups (broad SMARTS) is 1. The van der Waals surface area contributed by atoms with E-state index in [2.05, 4.69) is 26.2 Å². The largest absolute Gasteiger partial charge is 0.478 e. The van der Waals surface area contributed by atoms with Crippen LogP contribution in [0.25, 0.3) is 22.9 Å². The van der Waals surface area contributed by atoms with E-state index in [0.29, 0.717) is 23.2 Å². The van der Waals surface area contributed by atoms with Crippen LogP contribution in [0.15, 0.2) is 91.3 Å². The number of carbonyl (C=O) groups is 4. The van der Waals surface area contributed by atoms with Gasteiger partial charge in [0.1, 0.15) is 12.4 Å². The number of nitrogens with one attached hydrogen (secondary N) is 2. The van der Waals surface area contributed by atoms with Crippen molar-refractivity contribution in [2.45, 2.75) is 31.8 Å². The molecule has 6 rings (SSSR count). The highest BCUT2D eigenvalue weighted by molar-refractivity contribution is 6.31. The van der Waals surface area contributed by atoms with Gasteiger partial charge < -0.3 is 20.6 Å². The molecule has 0 bridgehead atoms. The summed E-state index contributed by atoms with van der Waals surface area (Å²) in [7, 11) is 1.55. The van der Waals surface area contributed by atoms with Crippen molar-refractivity contribution in [2.75, 3.05) is 12.4 Å². The first-order valence-electron chi connectivity index (χ1n) is 15.7. The van der Waals surface area contributed by atoms with Crippen LogP contribution in [0.3, 0.4) is 0 Å². The maximum atomic E-state index is 15.4. The molecule has 4 aromatic carbocycles. The van der Waals surface area contributed by atoms with Gasteiger partial charge in [-0.05, 0) is 108 Å². The van der Waals surface area contributed by atoms with E-state index in [1.54, 1.807) is 31.3 Å². The average molecular weight is 708 g/mol. The summed E-state index contributed by atoms with van der Waals surface area (Å²) >= 11 is 6.11. The fraction of sp³-hybridized carbons (Fsp3) is 0.162. The summed E-state index contributed by atoms with van der Waals surface area (Å²) in [6.07, 6.45) is 4.07. The SMILES string of the molecule is CNC(=O)c1ccc(-c2cccc3c2CC(C)(C)N(C(=O)/C=C/c2c(-n4cnnn4)ccc(Cl)c2F)[C@H]3C(=O)Nc2ccc(C(=O)O)cc2)cc1. The number of nitrogens with zero attached hydrogens (tertiary/aromatic N) is 5. The number of benzene rings is 4. The standard InChI is InChI=1S/C37H31ClFN7O5/c1-37(2)19-28-25(21-7-9-22(10-8-21)34(48)40-3)5-4-6-26(28)33(35(49)42-24-13-11-23(12-14-24)36(50)51)46(37)31(47)18-15-27-30(45-20-41-43-44-45)17-16-29(38)32(27)39/h4-18,20,33H,19H2,1-3H3,(H,40,48)(H,42,49)(H,50,51)/b18-15+/t33-/m1/s1. The van der Waals surface area contributed by atoms with E-state index in [1.807, 2.05) is 32.0 Å². The Morgan fingerprint density at radius 2 is 1.69 bits per heavy atom. The Hall–Kier alpha value is -6.21. The molecule has 51 heavy (non-hydrogen) atoms. The number of aromatic carboxylic acids is 1. The highest BCUT2D eigenvalue weighted by Gasteiger charge is 2.46. The second-order valence-electron chi connectivity index (χ2n) is 12.4. The summed E-state index contributed by atoms with van der Waals surface area (Å²) in [4.78, 5) is 53.7. The number of anilines is 1. The van der Waals surface area contributed by atoms with E-state index < -0.39 is 35.2 Å². The van der Waals surface area contributed by atoms with E-state index in [9.17, 15) is 24.3 Å². The summed E-state index contributed by atoms with van der Waals surface area (Å²) in [6.45, 7) is 3.67. The van der Waals surface area contributed by atoms with Crippen LogP contribution in [0.5, 0.6) is 0 Å². The van der Waals surface area contributed by atoms with Crippen molar-refractivity contribution in [1.82, 2.24) is 30.4 Å². The highest BCUT2D eigenvalue weighted by Crippen LogP contribution is 2.43. The van der Waals surface area contributed by atoms with Crippen molar-refractivity contribution in [3.8, 4) is 16.8 Å². The molecule has 3 N–H and O–H groups in total. The Morgan fingerprint density at radius 3 is 2.33 bits per heavy atom. The fourth-order valence-corrected chi connectivity index (χ4v) is 6.46. The zero-order chi connectivity index (χ0) is 36.4. The number of carbonyl (C=O) groups excluding carboxylic acids is 3. The number of tetrazole rings is 1. The molecule has 0 saturated carbocycles. The Morgan fingerprint density at radius 1 is 0.980 bits per heavy atom. The Kier molecular flexibility index (Phi) is 9.48. The number of amides is 3. The molecule has 258 valence electrons. The molecule has 5 aromatic rings. The van der Waals surface area contributed by atoms with Gasteiger partial charge in [0.25, 0.3) is 11.8 Å². The predicted octanol–water partition coefficient (Wildman–Crippen LogP) is 5.74. The Labute approximate surface area is 296 Å². The molecule has 0 spiro atoms. The topological polar surface area (TPSA) is 159 Å². The van der Waals surface area contributed by atoms with Gasteiger partial charge in [-0.2, -0.15) is 4.68 Å². The van der Waals surface area contributed by atoms with Crippen LogP contribution in [0.4, 0.5) is 10.1 Å². The van der Waals surface area contributed by atoms with E-state index in [4.69, 9.17) is 11.6 Å².